The van der Waals surface area contributed by atoms with Crippen molar-refractivity contribution in [1.29, 1.82) is 0 Å². The lowest BCUT2D eigenvalue weighted by Crippen LogP contribution is -2.35. The van der Waals surface area contributed by atoms with Gasteiger partial charge in [-0.15, -0.1) is 0 Å². The first kappa shape index (κ1) is 13.8. The minimum Gasteiger partial charge on any atom is -0.361 e. The number of carbonyl (C=O) groups excluding carboxylic acids is 1. The third-order valence-corrected chi connectivity index (χ3v) is 4.08. The average molecular weight is 311 g/mol. The maximum Gasteiger partial charge on any atom is 0.270 e. The summed E-state index contributed by atoms with van der Waals surface area (Å²) in [6.07, 6.45) is 4.09. The van der Waals surface area contributed by atoms with Crippen LogP contribution in [0.15, 0.2) is 47.2 Å². The molecule has 0 unspecified atom stereocenters. The van der Waals surface area contributed by atoms with Crippen molar-refractivity contribution in [3.63, 3.8) is 0 Å². The van der Waals surface area contributed by atoms with Gasteiger partial charge in [-0.3, -0.25) is 4.79 Å². The van der Waals surface area contributed by atoms with E-state index in [0.717, 1.165) is 22.5 Å². The number of halogens is 1. The molecule has 0 fully saturated rings. The van der Waals surface area contributed by atoms with Crippen LogP contribution >= 0.6 is 0 Å². The average Bonchev–Trinajstić information content (AvgIpc) is 3.23. The second-order valence-corrected chi connectivity index (χ2v) is 5.56. The third-order valence-electron chi connectivity index (χ3n) is 4.08. The van der Waals surface area contributed by atoms with Crippen molar-refractivity contribution in [2.75, 3.05) is 6.54 Å². The molecule has 0 aliphatic carbocycles. The molecule has 1 aliphatic heterocycles. The van der Waals surface area contributed by atoms with Crippen LogP contribution in [0.2, 0.25) is 0 Å². The number of hydrogen-bond acceptors (Lipinski definition) is 3. The highest BCUT2D eigenvalue weighted by Gasteiger charge is 2.25. The van der Waals surface area contributed by atoms with E-state index in [4.69, 9.17) is 4.52 Å². The van der Waals surface area contributed by atoms with Crippen LogP contribution in [0.1, 0.15) is 21.8 Å². The van der Waals surface area contributed by atoms with E-state index in [-0.39, 0.29) is 11.7 Å². The number of amides is 1. The fraction of sp³-hybridized carbons (Fsp3) is 0.176. The highest BCUT2D eigenvalue weighted by molar-refractivity contribution is 5.94. The Morgan fingerprint density at radius 3 is 2.91 bits per heavy atom. The van der Waals surface area contributed by atoms with Crippen molar-refractivity contribution >= 4 is 5.91 Å². The van der Waals surface area contributed by atoms with Crippen molar-refractivity contribution in [1.82, 2.24) is 15.0 Å². The van der Waals surface area contributed by atoms with Crippen LogP contribution in [-0.2, 0) is 13.0 Å². The van der Waals surface area contributed by atoms with Gasteiger partial charge >= 0.3 is 0 Å². The summed E-state index contributed by atoms with van der Waals surface area (Å²) in [7, 11) is 0. The fourth-order valence-corrected chi connectivity index (χ4v) is 2.81. The summed E-state index contributed by atoms with van der Waals surface area (Å²) in [5.74, 6) is 0.510. The van der Waals surface area contributed by atoms with E-state index >= 15 is 0 Å². The number of aromatic amines is 1. The van der Waals surface area contributed by atoms with E-state index in [9.17, 15) is 9.18 Å². The standard InChI is InChI=1S/C17H14FN3O2/c18-14-3-1-11(2-4-14)12-7-15(19-8-12)17(22)21-6-5-16-13(10-21)9-20-23-16/h1-4,7-9,19H,5-6,10H2. The van der Waals surface area contributed by atoms with Crippen molar-refractivity contribution in [2.24, 2.45) is 0 Å². The van der Waals surface area contributed by atoms with E-state index in [1.165, 1.54) is 12.1 Å². The summed E-state index contributed by atoms with van der Waals surface area (Å²) in [5, 5.41) is 3.77. The van der Waals surface area contributed by atoms with Crippen LogP contribution < -0.4 is 0 Å². The van der Waals surface area contributed by atoms with E-state index < -0.39 is 0 Å². The minimum absolute atomic E-state index is 0.0646. The molecule has 6 heteroatoms. The number of benzene rings is 1. The maximum absolute atomic E-state index is 13.0. The van der Waals surface area contributed by atoms with Crippen molar-refractivity contribution < 1.29 is 13.7 Å². The lowest BCUT2D eigenvalue weighted by Gasteiger charge is -2.25. The summed E-state index contributed by atoms with van der Waals surface area (Å²) in [5.41, 5.74) is 3.19. The number of hydrogen-bond donors (Lipinski definition) is 1. The predicted molar refractivity (Wildman–Crippen MR) is 81.1 cm³/mol. The monoisotopic (exact) mass is 311 g/mol. The molecule has 1 aromatic carbocycles. The number of rotatable bonds is 2. The van der Waals surface area contributed by atoms with Crippen molar-refractivity contribution in [3.05, 3.63) is 65.6 Å². The molecular weight excluding hydrogens is 297 g/mol. The Bertz CT molecular complexity index is 851. The molecular formula is C17H14FN3O2. The molecule has 3 aromatic rings. The van der Waals surface area contributed by atoms with Crippen LogP contribution in [-0.4, -0.2) is 27.5 Å². The number of nitrogens with one attached hydrogen (secondary N) is 1. The van der Waals surface area contributed by atoms with Gasteiger partial charge in [-0.2, -0.15) is 0 Å². The van der Waals surface area contributed by atoms with Gasteiger partial charge in [-0.25, -0.2) is 4.39 Å². The Morgan fingerprint density at radius 1 is 1.26 bits per heavy atom. The minimum atomic E-state index is -0.279. The zero-order valence-corrected chi connectivity index (χ0v) is 12.3. The fourth-order valence-electron chi connectivity index (χ4n) is 2.81. The summed E-state index contributed by atoms with van der Waals surface area (Å²) in [6, 6.07) is 7.98. The molecule has 116 valence electrons. The Balaban J connectivity index is 1.55. The van der Waals surface area contributed by atoms with Gasteiger partial charge in [0.05, 0.1) is 12.7 Å². The van der Waals surface area contributed by atoms with Crippen molar-refractivity contribution in [3.8, 4) is 11.1 Å². The zero-order chi connectivity index (χ0) is 15.8. The van der Waals surface area contributed by atoms with Gasteiger partial charge in [0.25, 0.3) is 5.91 Å². The Hall–Kier alpha value is -2.89. The van der Waals surface area contributed by atoms with Crippen LogP contribution in [0.5, 0.6) is 0 Å². The van der Waals surface area contributed by atoms with Gasteiger partial charge in [0.1, 0.15) is 17.3 Å². The van der Waals surface area contributed by atoms with E-state index in [0.29, 0.717) is 25.2 Å². The van der Waals surface area contributed by atoms with E-state index in [1.807, 2.05) is 0 Å². The number of carbonyl (C=O) groups is 1. The summed E-state index contributed by atoms with van der Waals surface area (Å²) in [6.45, 7) is 1.11. The van der Waals surface area contributed by atoms with Crippen molar-refractivity contribution in [2.45, 2.75) is 13.0 Å². The Labute approximate surface area is 131 Å². The molecule has 0 saturated heterocycles. The molecule has 2 aromatic heterocycles. The highest BCUT2D eigenvalue weighted by Crippen LogP contribution is 2.23. The lowest BCUT2D eigenvalue weighted by molar-refractivity contribution is 0.0723. The highest BCUT2D eigenvalue weighted by atomic mass is 19.1. The largest absolute Gasteiger partial charge is 0.361 e. The zero-order valence-electron chi connectivity index (χ0n) is 12.3. The van der Waals surface area contributed by atoms with Gasteiger partial charge in [-0.1, -0.05) is 17.3 Å². The molecule has 3 heterocycles. The molecule has 0 spiro atoms. The molecule has 0 radical (unpaired) electrons. The topological polar surface area (TPSA) is 62.1 Å². The Morgan fingerprint density at radius 2 is 2.09 bits per heavy atom. The number of H-pyrrole nitrogens is 1. The van der Waals surface area contributed by atoms with Crippen LogP contribution in [0.4, 0.5) is 4.39 Å². The second-order valence-electron chi connectivity index (χ2n) is 5.56. The van der Waals surface area contributed by atoms with Crippen LogP contribution in [0.25, 0.3) is 11.1 Å². The first-order valence-electron chi connectivity index (χ1n) is 7.37. The van der Waals surface area contributed by atoms with Crippen LogP contribution in [0.3, 0.4) is 0 Å². The first-order valence-corrected chi connectivity index (χ1v) is 7.37. The van der Waals surface area contributed by atoms with Gasteiger partial charge in [0, 0.05) is 24.7 Å². The summed E-state index contributed by atoms with van der Waals surface area (Å²) < 4.78 is 18.1. The predicted octanol–water partition coefficient (Wildman–Crippen LogP) is 3.01. The molecule has 0 bridgehead atoms. The number of nitrogens with zero attached hydrogens (tertiary/aromatic N) is 2. The first-order chi connectivity index (χ1) is 11.2. The summed E-state index contributed by atoms with van der Waals surface area (Å²) in [4.78, 5) is 17.4. The molecule has 23 heavy (non-hydrogen) atoms. The molecule has 1 amide bonds. The maximum atomic E-state index is 13.0. The second kappa shape index (κ2) is 5.39. The van der Waals surface area contributed by atoms with Gasteiger partial charge in [0.15, 0.2) is 0 Å². The molecule has 0 saturated carbocycles. The molecule has 0 atom stereocenters. The normalized spacial score (nSPS) is 13.9. The van der Waals surface area contributed by atoms with Gasteiger partial charge in [-0.05, 0) is 29.3 Å². The van der Waals surface area contributed by atoms with Gasteiger partial charge < -0.3 is 14.4 Å². The Kier molecular flexibility index (Phi) is 3.22. The smallest absolute Gasteiger partial charge is 0.270 e. The SMILES string of the molecule is O=C(c1cc(-c2ccc(F)cc2)c[nH]1)N1CCc2oncc2C1. The van der Waals surface area contributed by atoms with Gasteiger partial charge in [0.2, 0.25) is 0 Å². The molecule has 1 aliphatic rings. The van der Waals surface area contributed by atoms with Crippen LogP contribution in [0, 0.1) is 5.82 Å². The molecule has 4 rings (SSSR count). The lowest BCUT2D eigenvalue weighted by atomic mass is 10.1. The summed E-state index contributed by atoms with van der Waals surface area (Å²) >= 11 is 0. The number of aromatic nitrogens is 2. The van der Waals surface area contributed by atoms with E-state index in [1.54, 1.807) is 35.5 Å². The third kappa shape index (κ3) is 2.52. The number of fused-ring (bicyclic) bond motifs is 1. The van der Waals surface area contributed by atoms with E-state index in [2.05, 4.69) is 10.1 Å². The molecule has 1 N–H and O–H groups in total. The quantitative estimate of drug-likeness (QED) is 0.791. The molecule has 5 nitrogen and oxygen atoms in total.